The van der Waals surface area contributed by atoms with E-state index in [4.69, 9.17) is 11.6 Å². The smallest absolute Gasteiger partial charge is 0.193 e. The fraction of sp³-hybridized carbons (Fsp3) is 0.462. The summed E-state index contributed by atoms with van der Waals surface area (Å²) in [4.78, 5) is 6.63. The SMILES string of the molecule is Cc1ccc(Cl)cc1CNC1=NCCCN1C. The van der Waals surface area contributed by atoms with E-state index in [1.165, 1.54) is 11.1 Å². The molecule has 1 aromatic rings. The number of nitrogens with one attached hydrogen (secondary N) is 1. The maximum Gasteiger partial charge on any atom is 0.193 e. The van der Waals surface area contributed by atoms with E-state index in [2.05, 4.69) is 29.2 Å². The lowest BCUT2D eigenvalue weighted by Crippen LogP contribution is -2.41. The van der Waals surface area contributed by atoms with Gasteiger partial charge < -0.3 is 10.2 Å². The van der Waals surface area contributed by atoms with Gasteiger partial charge >= 0.3 is 0 Å². The first kappa shape index (κ1) is 12.2. The molecule has 0 saturated heterocycles. The normalized spacial score (nSPS) is 15.7. The number of guanidine groups is 1. The van der Waals surface area contributed by atoms with Gasteiger partial charge in [0.1, 0.15) is 0 Å². The van der Waals surface area contributed by atoms with Crippen LogP contribution in [0.5, 0.6) is 0 Å². The second-order valence-electron chi connectivity index (χ2n) is 4.40. The minimum absolute atomic E-state index is 0.773. The van der Waals surface area contributed by atoms with Gasteiger partial charge in [0.25, 0.3) is 0 Å². The molecule has 0 amide bonds. The van der Waals surface area contributed by atoms with Gasteiger partial charge in [0.15, 0.2) is 5.96 Å². The van der Waals surface area contributed by atoms with Crippen molar-refractivity contribution >= 4 is 17.6 Å². The number of nitrogens with zero attached hydrogens (tertiary/aromatic N) is 2. The molecular formula is C13H18ClN3. The lowest BCUT2D eigenvalue weighted by atomic mass is 10.1. The summed E-state index contributed by atoms with van der Waals surface area (Å²) in [5.41, 5.74) is 2.47. The zero-order valence-electron chi connectivity index (χ0n) is 10.3. The van der Waals surface area contributed by atoms with Gasteiger partial charge in [0.05, 0.1) is 0 Å². The Bertz CT molecular complexity index is 429. The van der Waals surface area contributed by atoms with E-state index in [1.807, 2.05) is 18.2 Å². The Labute approximate surface area is 107 Å². The van der Waals surface area contributed by atoms with Gasteiger partial charge in [0.2, 0.25) is 0 Å². The molecule has 0 saturated carbocycles. The molecule has 0 radical (unpaired) electrons. The van der Waals surface area contributed by atoms with E-state index in [0.29, 0.717) is 0 Å². The second kappa shape index (κ2) is 5.41. The highest BCUT2D eigenvalue weighted by molar-refractivity contribution is 6.30. The van der Waals surface area contributed by atoms with E-state index in [-0.39, 0.29) is 0 Å². The first-order valence-corrected chi connectivity index (χ1v) is 6.29. The molecule has 0 bridgehead atoms. The number of hydrogen-bond acceptors (Lipinski definition) is 3. The molecule has 0 fully saturated rings. The average molecular weight is 252 g/mol. The summed E-state index contributed by atoms with van der Waals surface area (Å²) in [6.07, 6.45) is 1.14. The quantitative estimate of drug-likeness (QED) is 0.874. The third-order valence-electron chi connectivity index (χ3n) is 3.02. The second-order valence-corrected chi connectivity index (χ2v) is 4.84. The lowest BCUT2D eigenvalue weighted by molar-refractivity contribution is 0.446. The Morgan fingerprint density at radius 1 is 1.47 bits per heavy atom. The van der Waals surface area contributed by atoms with Gasteiger partial charge in [-0.1, -0.05) is 17.7 Å². The Morgan fingerprint density at radius 3 is 3.06 bits per heavy atom. The Balaban J connectivity index is 2.02. The molecule has 0 atom stereocenters. The first-order valence-electron chi connectivity index (χ1n) is 5.91. The van der Waals surface area contributed by atoms with E-state index in [0.717, 1.165) is 37.0 Å². The van der Waals surface area contributed by atoms with Crippen molar-refractivity contribution in [1.29, 1.82) is 0 Å². The molecule has 0 spiro atoms. The monoisotopic (exact) mass is 251 g/mol. The topological polar surface area (TPSA) is 27.6 Å². The van der Waals surface area contributed by atoms with E-state index >= 15 is 0 Å². The van der Waals surface area contributed by atoms with Crippen molar-refractivity contribution in [2.75, 3.05) is 20.1 Å². The number of halogens is 1. The molecule has 0 aliphatic carbocycles. The molecule has 1 aliphatic heterocycles. The zero-order valence-corrected chi connectivity index (χ0v) is 11.1. The molecule has 0 unspecified atom stereocenters. The molecule has 2 rings (SSSR count). The van der Waals surface area contributed by atoms with Gasteiger partial charge in [0, 0.05) is 31.7 Å². The maximum absolute atomic E-state index is 6.00. The fourth-order valence-corrected chi connectivity index (χ4v) is 2.11. The first-order chi connectivity index (χ1) is 8.16. The summed E-state index contributed by atoms with van der Waals surface area (Å²) >= 11 is 6.00. The van der Waals surface area contributed by atoms with Crippen molar-refractivity contribution in [1.82, 2.24) is 10.2 Å². The Hall–Kier alpha value is -1.22. The summed E-state index contributed by atoms with van der Waals surface area (Å²) in [6, 6.07) is 5.98. The minimum atomic E-state index is 0.773. The van der Waals surface area contributed by atoms with Crippen LogP contribution in [0.25, 0.3) is 0 Å². The van der Waals surface area contributed by atoms with Gasteiger partial charge in [-0.3, -0.25) is 4.99 Å². The third-order valence-corrected chi connectivity index (χ3v) is 3.26. The summed E-state index contributed by atoms with van der Waals surface area (Å²) < 4.78 is 0. The molecule has 92 valence electrons. The third kappa shape index (κ3) is 3.13. The van der Waals surface area contributed by atoms with Crippen molar-refractivity contribution < 1.29 is 0 Å². The molecule has 1 N–H and O–H groups in total. The molecule has 4 heteroatoms. The largest absolute Gasteiger partial charge is 0.352 e. The number of aliphatic imine (C=N–C) groups is 1. The summed E-state index contributed by atoms with van der Waals surface area (Å²) in [5.74, 6) is 0.982. The highest BCUT2D eigenvalue weighted by atomic mass is 35.5. The van der Waals surface area contributed by atoms with E-state index in [9.17, 15) is 0 Å². The highest BCUT2D eigenvalue weighted by Gasteiger charge is 2.10. The van der Waals surface area contributed by atoms with Gasteiger partial charge in [-0.15, -0.1) is 0 Å². The zero-order chi connectivity index (χ0) is 12.3. The van der Waals surface area contributed by atoms with Crippen LogP contribution in [0.15, 0.2) is 23.2 Å². The van der Waals surface area contributed by atoms with Crippen LogP contribution in [0.1, 0.15) is 17.5 Å². The van der Waals surface area contributed by atoms with Gasteiger partial charge in [-0.25, -0.2) is 0 Å². The molecule has 1 aliphatic rings. The standard InChI is InChI=1S/C13H18ClN3/c1-10-4-5-12(14)8-11(10)9-16-13-15-6-3-7-17(13)2/h4-5,8H,3,6-7,9H2,1-2H3,(H,15,16). The van der Waals surface area contributed by atoms with Crippen LogP contribution in [-0.2, 0) is 6.54 Å². The number of benzene rings is 1. The van der Waals surface area contributed by atoms with Crippen LogP contribution in [-0.4, -0.2) is 31.0 Å². The number of aryl methyl sites for hydroxylation is 1. The van der Waals surface area contributed by atoms with Crippen molar-refractivity contribution in [2.24, 2.45) is 4.99 Å². The van der Waals surface area contributed by atoms with Crippen LogP contribution in [0.4, 0.5) is 0 Å². The fourth-order valence-electron chi connectivity index (χ4n) is 1.92. The molecule has 1 aromatic carbocycles. The summed E-state index contributed by atoms with van der Waals surface area (Å²) in [7, 11) is 2.07. The molecule has 3 nitrogen and oxygen atoms in total. The predicted molar refractivity (Wildman–Crippen MR) is 72.6 cm³/mol. The number of hydrogen-bond donors (Lipinski definition) is 1. The number of rotatable bonds is 2. The van der Waals surface area contributed by atoms with Gasteiger partial charge in [-0.05, 0) is 36.6 Å². The van der Waals surface area contributed by atoms with Crippen molar-refractivity contribution in [3.05, 3.63) is 34.3 Å². The van der Waals surface area contributed by atoms with Crippen LogP contribution < -0.4 is 5.32 Å². The lowest BCUT2D eigenvalue weighted by Gasteiger charge is -2.25. The van der Waals surface area contributed by atoms with E-state index in [1.54, 1.807) is 0 Å². The van der Waals surface area contributed by atoms with Crippen molar-refractivity contribution in [2.45, 2.75) is 19.9 Å². The Kier molecular flexibility index (Phi) is 3.89. The molecule has 0 aromatic heterocycles. The van der Waals surface area contributed by atoms with Crippen molar-refractivity contribution in [3.8, 4) is 0 Å². The minimum Gasteiger partial charge on any atom is -0.352 e. The average Bonchev–Trinajstić information content (AvgIpc) is 2.32. The van der Waals surface area contributed by atoms with Crippen LogP contribution in [0.2, 0.25) is 5.02 Å². The molecular weight excluding hydrogens is 234 g/mol. The molecule has 17 heavy (non-hydrogen) atoms. The van der Waals surface area contributed by atoms with Crippen molar-refractivity contribution in [3.63, 3.8) is 0 Å². The van der Waals surface area contributed by atoms with E-state index < -0.39 is 0 Å². The van der Waals surface area contributed by atoms with Crippen LogP contribution in [0.3, 0.4) is 0 Å². The highest BCUT2D eigenvalue weighted by Crippen LogP contribution is 2.15. The predicted octanol–water partition coefficient (Wildman–Crippen LogP) is 2.43. The van der Waals surface area contributed by atoms with Gasteiger partial charge in [-0.2, -0.15) is 0 Å². The maximum atomic E-state index is 6.00. The molecule has 1 heterocycles. The van der Waals surface area contributed by atoms with Crippen LogP contribution >= 0.6 is 11.6 Å². The summed E-state index contributed by atoms with van der Waals surface area (Å²) in [6.45, 7) is 4.86. The Morgan fingerprint density at radius 2 is 2.29 bits per heavy atom. The van der Waals surface area contributed by atoms with Crippen LogP contribution in [0, 0.1) is 6.92 Å². The summed E-state index contributed by atoms with van der Waals surface area (Å²) in [5, 5.41) is 4.16.